The first kappa shape index (κ1) is 17.0. The van der Waals surface area contributed by atoms with Crippen molar-refractivity contribution < 1.29 is 9.53 Å². The Hall–Kier alpha value is -2.41. The van der Waals surface area contributed by atoms with Crippen LogP contribution in [0.3, 0.4) is 0 Å². The molecule has 1 N–H and O–H groups in total. The number of methoxy groups -OCH3 is 1. The third-order valence-electron chi connectivity index (χ3n) is 3.68. The minimum Gasteiger partial charge on any atom is -0.385 e. The zero-order chi connectivity index (χ0) is 16.8. The largest absolute Gasteiger partial charge is 0.385 e. The molecule has 0 aliphatic carbocycles. The molecular formula is C16H21N3O4. The molecule has 23 heavy (non-hydrogen) atoms. The quantitative estimate of drug-likeness (QED) is 0.585. The Kier molecular flexibility index (Phi) is 5.70. The molecule has 0 bridgehead atoms. The fraction of sp³-hybridized carbons (Fsp3) is 0.438. The summed E-state index contributed by atoms with van der Waals surface area (Å²) in [5, 5.41) is 2.76. The van der Waals surface area contributed by atoms with E-state index in [1.54, 1.807) is 38.4 Å². The highest BCUT2D eigenvalue weighted by molar-refractivity contribution is 5.77. The minimum atomic E-state index is -0.613. The Morgan fingerprint density at radius 2 is 1.87 bits per heavy atom. The van der Waals surface area contributed by atoms with Gasteiger partial charge in [-0.15, -0.1) is 0 Å². The molecule has 0 saturated heterocycles. The molecule has 7 heteroatoms. The molecule has 2 aromatic rings. The van der Waals surface area contributed by atoms with Gasteiger partial charge in [0.1, 0.15) is 0 Å². The van der Waals surface area contributed by atoms with Crippen LogP contribution in [-0.2, 0) is 23.1 Å². The molecule has 0 spiro atoms. The second-order valence-electron chi connectivity index (χ2n) is 5.26. The molecule has 1 amide bonds. The molecule has 1 aromatic carbocycles. The van der Waals surface area contributed by atoms with Gasteiger partial charge < -0.3 is 19.2 Å². The van der Waals surface area contributed by atoms with Crippen molar-refractivity contribution >= 4 is 16.9 Å². The summed E-state index contributed by atoms with van der Waals surface area (Å²) in [6.45, 7) is 1.28. The van der Waals surface area contributed by atoms with Crippen LogP contribution in [0.5, 0.6) is 0 Å². The van der Waals surface area contributed by atoms with E-state index in [2.05, 4.69) is 5.32 Å². The Bertz CT molecular complexity index is 807. The molecule has 7 nitrogen and oxygen atoms in total. The van der Waals surface area contributed by atoms with E-state index in [0.717, 1.165) is 6.42 Å². The number of nitrogens with zero attached hydrogens (tertiary/aromatic N) is 2. The highest BCUT2D eigenvalue weighted by atomic mass is 16.5. The number of aryl methyl sites for hydroxylation is 2. The van der Waals surface area contributed by atoms with E-state index >= 15 is 0 Å². The topological polar surface area (TPSA) is 82.3 Å². The lowest BCUT2D eigenvalue weighted by atomic mass is 10.2. The monoisotopic (exact) mass is 319 g/mol. The third kappa shape index (κ3) is 3.87. The van der Waals surface area contributed by atoms with E-state index in [1.165, 1.54) is 9.13 Å². The third-order valence-corrected chi connectivity index (χ3v) is 3.68. The molecule has 124 valence electrons. The molecule has 0 saturated carbocycles. The molecule has 0 aliphatic rings. The number of fused-ring (bicyclic) bond motifs is 1. The van der Waals surface area contributed by atoms with E-state index in [1.807, 2.05) is 0 Å². The number of rotatable bonds is 7. The fourth-order valence-electron chi connectivity index (χ4n) is 2.42. The summed E-state index contributed by atoms with van der Waals surface area (Å²) in [4.78, 5) is 36.0. The predicted molar refractivity (Wildman–Crippen MR) is 87.6 cm³/mol. The summed E-state index contributed by atoms with van der Waals surface area (Å²) < 4.78 is 7.61. The van der Waals surface area contributed by atoms with Gasteiger partial charge in [0.15, 0.2) is 0 Å². The lowest BCUT2D eigenvalue weighted by molar-refractivity contribution is -0.121. The summed E-state index contributed by atoms with van der Waals surface area (Å²) in [6, 6.07) is 7.15. The normalized spacial score (nSPS) is 10.9. The van der Waals surface area contributed by atoms with Gasteiger partial charge >= 0.3 is 11.1 Å². The van der Waals surface area contributed by atoms with Gasteiger partial charge in [-0.25, -0.2) is 0 Å². The van der Waals surface area contributed by atoms with Crippen molar-refractivity contribution in [1.82, 2.24) is 14.5 Å². The Balaban J connectivity index is 2.16. The van der Waals surface area contributed by atoms with E-state index in [9.17, 15) is 14.4 Å². The van der Waals surface area contributed by atoms with Crippen LogP contribution in [0.2, 0.25) is 0 Å². The van der Waals surface area contributed by atoms with E-state index in [-0.39, 0.29) is 18.9 Å². The number of nitrogens with one attached hydrogen (secondary N) is 1. The van der Waals surface area contributed by atoms with Crippen LogP contribution in [0.1, 0.15) is 12.8 Å². The van der Waals surface area contributed by atoms with Gasteiger partial charge in [0.2, 0.25) is 5.91 Å². The maximum atomic E-state index is 12.2. The number of hydrogen-bond acceptors (Lipinski definition) is 4. The van der Waals surface area contributed by atoms with E-state index in [4.69, 9.17) is 4.74 Å². The SMILES string of the molecule is COCCCNC(=O)CCn1c(=O)c(=O)n(C)c2ccccc21. The summed E-state index contributed by atoms with van der Waals surface area (Å²) in [6.07, 6.45) is 0.876. The lowest BCUT2D eigenvalue weighted by Gasteiger charge is -2.12. The average molecular weight is 319 g/mol. The van der Waals surface area contributed by atoms with Crippen LogP contribution in [0.4, 0.5) is 0 Å². The highest BCUT2D eigenvalue weighted by Gasteiger charge is 2.11. The lowest BCUT2D eigenvalue weighted by Crippen LogP contribution is -2.41. The predicted octanol–water partition coefficient (Wildman–Crippen LogP) is 0.243. The molecule has 1 heterocycles. The molecule has 0 unspecified atom stereocenters. The van der Waals surface area contributed by atoms with Crippen molar-refractivity contribution in [2.45, 2.75) is 19.4 Å². The zero-order valence-electron chi connectivity index (χ0n) is 13.4. The first-order valence-electron chi connectivity index (χ1n) is 7.50. The summed E-state index contributed by atoms with van der Waals surface area (Å²) in [5.41, 5.74) is 0.104. The number of aromatic nitrogens is 2. The van der Waals surface area contributed by atoms with Crippen molar-refractivity contribution in [3.63, 3.8) is 0 Å². The molecule has 2 rings (SSSR count). The smallest absolute Gasteiger partial charge is 0.316 e. The first-order chi connectivity index (χ1) is 11.1. The van der Waals surface area contributed by atoms with Gasteiger partial charge in [-0.3, -0.25) is 14.4 Å². The van der Waals surface area contributed by atoms with Crippen molar-refractivity contribution in [3.05, 3.63) is 45.0 Å². The van der Waals surface area contributed by atoms with Crippen molar-refractivity contribution in [1.29, 1.82) is 0 Å². The molecule has 0 radical (unpaired) electrons. The standard InChI is InChI=1S/C16H21N3O4/c1-18-12-6-3-4-7-13(12)19(16(22)15(18)21)10-8-14(20)17-9-5-11-23-2/h3-4,6-7H,5,8-11H2,1-2H3,(H,17,20). The molecule has 0 atom stereocenters. The van der Waals surface area contributed by atoms with Gasteiger partial charge in [-0.05, 0) is 18.6 Å². The Morgan fingerprint density at radius 1 is 1.17 bits per heavy atom. The van der Waals surface area contributed by atoms with Gasteiger partial charge in [0.05, 0.1) is 11.0 Å². The zero-order valence-corrected chi connectivity index (χ0v) is 13.4. The van der Waals surface area contributed by atoms with Crippen LogP contribution < -0.4 is 16.4 Å². The fourth-order valence-corrected chi connectivity index (χ4v) is 2.42. The van der Waals surface area contributed by atoms with Crippen molar-refractivity contribution in [3.8, 4) is 0 Å². The number of carbonyl (C=O) groups is 1. The number of carbonyl (C=O) groups excluding carboxylic acids is 1. The van der Waals surface area contributed by atoms with Gasteiger partial charge in [0.25, 0.3) is 0 Å². The second-order valence-corrected chi connectivity index (χ2v) is 5.26. The number of ether oxygens (including phenoxy) is 1. The number of para-hydroxylation sites is 2. The van der Waals surface area contributed by atoms with Gasteiger partial charge in [-0.1, -0.05) is 12.1 Å². The molecule has 0 fully saturated rings. The van der Waals surface area contributed by atoms with Crippen LogP contribution in [0.25, 0.3) is 11.0 Å². The average Bonchev–Trinajstić information content (AvgIpc) is 2.57. The van der Waals surface area contributed by atoms with Crippen molar-refractivity contribution in [2.24, 2.45) is 7.05 Å². The van der Waals surface area contributed by atoms with Crippen LogP contribution in [-0.4, -0.2) is 35.3 Å². The maximum absolute atomic E-state index is 12.2. The second kappa shape index (κ2) is 7.73. The molecule has 0 aliphatic heterocycles. The first-order valence-corrected chi connectivity index (χ1v) is 7.50. The van der Waals surface area contributed by atoms with Crippen LogP contribution in [0, 0.1) is 0 Å². The molecule has 1 aromatic heterocycles. The van der Waals surface area contributed by atoms with E-state index in [0.29, 0.717) is 24.2 Å². The van der Waals surface area contributed by atoms with Crippen molar-refractivity contribution in [2.75, 3.05) is 20.3 Å². The summed E-state index contributed by atoms with van der Waals surface area (Å²) in [5.74, 6) is -0.155. The molecular weight excluding hydrogens is 298 g/mol. The number of amides is 1. The number of benzene rings is 1. The van der Waals surface area contributed by atoms with Gasteiger partial charge in [-0.2, -0.15) is 0 Å². The van der Waals surface area contributed by atoms with E-state index < -0.39 is 11.1 Å². The van der Waals surface area contributed by atoms with Crippen LogP contribution in [0.15, 0.2) is 33.9 Å². The Morgan fingerprint density at radius 3 is 2.57 bits per heavy atom. The maximum Gasteiger partial charge on any atom is 0.316 e. The minimum absolute atomic E-state index is 0.143. The summed E-state index contributed by atoms with van der Waals surface area (Å²) in [7, 11) is 3.17. The summed E-state index contributed by atoms with van der Waals surface area (Å²) >= 11 is 0. The Labute approximate surface area is 133 Å². The number of hydrogen-bond donors (Lipinski definition) is 1. The highest BCUT2D eigenvalue weighted by Crippen LogP contribution is 2.09. The van der Waals surface area contributed by atoms with Crippen LogP contribution >= 0.6 is 0 Å². The van der Waals surface area contributed by atoms with Gasteiger partial charge in [0, 0.05) is 40.3 Å².